The van der Waals surface area contributed by atoms with Crippen molar-refractivity contribution in [3.63, 3.8) is 0 Å². The fourth-order valence-corrected chi connectivity index (χ4v) is 4.28. The van der Waals surface area contributed by atoms with Gasteiger partial charge in [0.2, 0.25) is 5.91 Å². The van der Waals surface area contributed by atoms with Crippen molar-refractivity contribution in [2.45, 2.75) is 20.3 Å². The average molecular weight is 398 g/mol. The fourth-order valence-electron chi connectivity index (χ4n) is 4.11. The zero-order chi connectivity index (χ0) is 20.2. The van der Waals surface area contributed by atoms with Gasteiger partial charge in [-0.2, -0.15) is 0 Å². The van der Waals surface area contributed by atoms with E-state index in [1.54, 1.807) is 25.1 Å². The van der Waals surface area contributed by atoms with Crippen molar-refractivity contribution in [1.29, 1.82) is 0 Å². The van der Waals surface area contributed by atoms with Crippen LogP contribution in [0.2, 0.25) is 5.02 Å². The summed E-state index contributed by atoms with van der Waals surface area (Å²) >= 11 is 6.10. The minimum Gasteiger partial charge on any atom is -0.373 e. The molecule has 0 aromatic heterocycles. The lowest BCUT2D eigenvalue weighted by atomic mass is 9.74. The van der Waals surface area contributed by atoms with Crippen LogP contribution >= 0.6 is 11.6 Å². The summed E-state index contributed by atoms with van der Waals surface area (Å²) in [5, 5.41) is 2.80. The number of carbonyl (C=O) groups is 3. The maximum atomic E-state index is 13.6. The van der Waals surface area contributed by atoms with Gasteiger partial charge in [0.05, 0.1) is 5.69 Å². The van der Waals surface area contributed by atoms with E-state index in [0.717, 1.165) is 27.3 Å². The third-order valence-corrected chi connectivity index (χ3v) is 5.76. The molecule has 0 saturated carbocycles. The number of hydrogen-bond donors (Lipinski definition) is 1. The van der Waals surface area contributed by atoms with E-state index in [2.05, 4.69) is 5.32 Å². The molecule has 1 saturated heterocycles. The van der Waals surface area contributed by atoms with Crippen molar-refractivity contribution >= 4 is 40.8 Å². The van der Waals surface area contributed by atoms with Gasteiger partial charge in [-0.1, -0.05) is 35.4 Å². The molecule has 0 radical (unpaired) electrons. The molecule has 2 aliphatic heterocycles. The second-order valence-electron chi connectivity index (χ2n) is 7.58. The molecule has 0 aliphatic carbocycles. The van der Waals surface area contributed by atoms with Gasteiger partial charge in [-0.05, 0) is 49.6 Å². The molecule has 4 amide bonds. The first-order valence-corrected chi connectivity index (χ1v) is 9.37. The lowest BCUT2D eigenvalue weighted by Crippen LogP contribution is -2.68. The van der Waals surface area contributed by atoms with E-state index in [1.807, 2.05) is 37.1 Å². The number of aryl methyl sites for hydroxylation is 2. The molecule has 4 rings (SSSR count). The van der Waals surface area contributed by atoms with E-state index < -0.39 is 23.3 Å². The van der Waals surface area contributed by atoms with Crippen molar-refractivity contribution < 1.29 is 14.4 Å². The molecule has 2 aromatic rings. The van der Waals surface area contributed by atoms with Crippen LogP contribution in [-0.2, 0) is 16.0 Å². The maximum Gasteiger partial charge on any atom is 0.335 e. The van der Waals surface area contributed by atoms with Gasteiger partial charge < -0.3 is 4.90 Å². The third kappa shape index (κ3) is 2.67. The topological polar surface area (TPSA) is 69.7 Å². The van der Waals surface area contributed by atoms with Gasteiger partial charge in [-0.25, -0.2) is 9.69 Å². The number of hydrogen-bond acceptors (Lipinski definition) is 4. The van der Waals surface area contributed by atoms with Crippen LogP contribution in [0.25, 0.3) is 0 Å². The number of urea groups is 1. The molecule has 6 nitrogen and oxygen atoms in total. The first-order valence-electron chi connectivity index (χ1n) is 9.00. The van der Waals surface area contributed by atoms with Crippen LogP contribution in [-0.4, -0.2) is 31.4 Å². The number of halogens is 1. The molecule has 2 heterocycles. The van der Waals surface area contributed by atoms with Crippen LogP contribution in [0.3, 0.4) is 0 Å². The summed E-state index contributed by atoms with van der Waals surface area (Å²) in [6.07, 6.45) is 0.239. The molecule has 2 aromatic carbocycles. The van der Waals surface area contributed by atoms with Crippen LogP contribution in [0.15, 0.2) is 36.4 Å². The number of benzene rings is 2. The molecule has 28 heavy (non-hydrogen) atoms. The molecule has 1 atom stereocenters. The second-order valence-corrected chi connectivity index (χ2v) is 8.01. The number of barbiturate groups is 1. The predicted octanol–water partition coefficient (Wildman–Crippen LogP) is 3.22. The number of imide groups is 2. The van der Waals surface area contributed by atoms with Crippen molar-refractivity contribution in [1.82, 2.24) is 5.32 Å². The number of nitrogens with one attached hydrogen (secondary N) is 1. The number of fused-ring (bicyclic) bond motifs is 1. The molecule has 1 N–H and O–H groups in total. The van der Waals surface area contributed by atoms with E-state index in [4.69, 9.17) is 11.6 Å². The molecule has 0 unspecified atom stereocenters. The Kier molecular flexibility index (Phi) is 4.19. The molecule has 1 spiro atoms. The van der Waals surface area contributed by atoms with Gasteiger partial charge in [0.15, 0.2) is 5.41 Å². The zero-order valence-corrected chi connectivity index (χ0v) is 16.6. The average Bonchev–Trinajstić information content (AvgIpc) is 2.63. The molecule has 144 valence electrons. The highest BCUT2D eigenvalue weighted by atomic mass is 35.5. The second kappa shape index (κ2) is 6.34. The molecule has 2 aliphatic rings. The summed E-state index contributed by atoms with van der Waals surface area (Å²) in [7, 11) is 1.85. The largest absolute Gasteiger partial charge is 0.373 e. The van der Waals surface area contributed by atoms with Crippen molar-refractivity contribution in [3.8, 4) is 0 Å². The summed E-state index contributed by atoms with van der Waals surface area (Å²) in [6.45, 7) is 3.95. The van der Waals surface area contributed by atoms with E-state index in [-0.39, 0.29) is 13.0 Å². The van der Waals surface area contributed by atoms with Gasteiger partial charge in [-0.15, -0.1) is 0 Å². The Morgan fingerprint density at radius 3 is 2.54 bits per heavy atom. The van der Waals surface area contributed by atoms with Crippen LogP contribution < -0.4 is 15.1 Å². The molecule has 7 heteroatoms. The SMILES string of the molecule is Cc1ccc2c(c1)C[C@@]1(CN2C)C(=O)NC(=O)N(c2cc(Cl)ccc2C)C1=O. The lowest BCUT2D eigenvalue weighted by Gasteiger charge is -2.45. The minimum absolute atomic E-state index is 0.192. The van der Waals surface area contributed by atoms with Crippen molar-refractivity contribution in [2.24, 2.45) is 5.41 Å². The fraction of sp³-hybridized carbons (Fsp3) is 0.286. The summed E-state index contributed by atoms with van der Waals surface area (Å²) in [5.74, 6) is -1.08. The molecule has 0 bridgehead atoms. The highest BCUT2D eigenvalue weighted by molar-refractivity contribution is 6.33. The van der Waals surface area contributed by atoms with Gasteiger partial charge in [0.25, 0.3) is 5.91 Å². The number of amides is 4. The van der Waals surface area contributed by atoms with Gasteiger partial charge >= 0.3 is 6.03 Å². The maximum absolute atomic E-state index is 13.6. The normalized spacial score (nSPS) is 21.8. The Balaban J connectivity index is 1.83. The molecular formula is C21H20ClN3O3. The van der Waals surface area contributed by atoms with E-state index in [1.165, 1.54) is 0 Å². The lowest BCUT2D eigenvalue weighted by molar-refractivity contribution is -0.142. The summed E-state index contributed by atoms with van der Waals surface area (Å²) < 4.78 is 0. The van der Waals surface area contributed by atoms with Crippen LogP contribution in [0.5, 0.6) is 0 Å². The monoisotopic (exact) mass is 397 g/mol. The number of carbonyl (C=O) groups excluding carboxylic acids is 3. The number of rotatable bonds is 1. The predicted molar refractivity (Wildman–Crippen MR) is 108 cm³/mol. The Morgan fingerprint density at radius 1 is 1.04 bits per heavy atom. The Morgan fingerprint density at radius 2 is 1.79 bits per heavy atom. The van der Waals surface area contributed by atoms with Crippen molar-refractivity contribution in [3.05, 3.63) is 58.1 Å². The van der Waals surface area contributed by atoms with Gasteiger partial charge in [-0.3, -0.25) is 14.9 Å². The van der Waals surface area contributed by atoms with Crippen LogP contribution in [0, 0.1) is 19.3 Å². The smallest absolute Gasteiger partial charge is 0.335 e. The third-order valence-electron chi connectivity index (χ3n) is 5.53. The van der Waals surface area contributed by atoms with E-state index >= 15 is 0 Å². The quantitative estimate of drug-likeness (QED) is 0.750. The summed E-state index contributed by atoms with van der Waals surface area (Å²) in [5.41, 5.74) is 2.68. The Bertz CT molecular complexity index is 1040. The Hall–Kier alpha value is -2.86. The molecular weight excluding hydrogens is 378 g/mol. The zero-order valence-electron chi connectivity index (χ0n) is 15.9. The van der Waals surface area contributed by atoms with Gasteiger partial charge in [0.1, 0.15) is 0 Å². The number of anilines is 2. The first kappa shape index (κ1) is 18.5. The van der Waals surface area contributed by atoms with E-state index in [9.17, 15) is 14.4 Å². The van der Waals surface area contributed by atoms with Crippen LogP contribution in [0.4, 0.5) is 16.2 Å². The highest BCUT2D eigenvalue weighted by Gasteiger charge is 2.56. The number of nitrogens with zero attached hydrogens (tertiary/aromatic N) is 2. The standard InChI is InChI=1S/C21H20ClN3O3/c1-12-4-7-16-14(8-12)10-21(11-24(16)3)18(26)23-20(28)25(19(21)27)17-9-15(22)6-5-13(17)2/h4-9H,10-11H2,1-3H3,(H,23,26,28)/t21-/m1/s1. The van der Waals surface area contributed by atoms with Crippen LogP contribution in [0.1, 0.15) is 16.7 Å². The minimum atomic E-state index is -1.38. The van der Waals surface area contributed by atoms with Gasteiger partial charge in [0, 0.05) is 24.3 Å². The Labute approximate surface area is 168 Å². The van der Waals surface area contributed by atoms with E-state index in [0.29, 0.717) is 10.7 Å². The summed E-state index contributed by atoms with van der Waals surface area (Å²) in [4.78, 5) is 42.1. The first-order chi connectivity index (χ1) is 13.2. The summed E-state index contributed by atoms with van der Waals surface area (Å²) in [6, 6.07) is 10.2. The molecule has 1 fully saturated rings. The highest BCUT2D eigenvalue weighted by Crippen LogP contribution is 2.41. The van der Waals surface area contributed by atoms with Crippen molar-refractivity contribution in [2.75, 3.05) is 23.4 Å².